The first-order chi connectivity index (χ1) is 8.67. The van der Waals surface area contributed by atoms with Gasteiger partial charge in [-0.05, 0) is 18.5 Å². The zero-order valence-corrected chi connectivity index (χ0v) is 11.5. The van der Waals surface area contributed by atoms with Gasteiger partial charge < -0.3 is 10.1 Å². The molecule has 6 nitrogen and oxygen atoms in total. The van der Waals surface area contributed by atoms with Crippen molar-refractivity contribution in [3.8, 4) is 6.01 Å². The van der Waals surface area contributed by atoms with E-state index < -0.39 is 0 Å². The molecule has 2 rings (SSSR count). The van der Waals surface area contributed by atoms with E-state index in [1.165, 1.54) is 7.11 Å². The van der Waals surface area contributed by atoms with Gasteiger partial charge in [0.1, 0.15) is 0 Å². The van der Waals surface area contributed by atoms with Crippen molar-refractivity contribution in [3.05, 3.63) is 21.4 Å². The number of ether oxygens (including phenoxy) is 1. The van der Waals surface area contributed by atoms with Crippen LogP contribution in [0.4, 0.5) is 5.95 Å². The summed E-state index contributed by atoms with van der Waals surface area (Å²) in [6.45, 7) is 2.65. The lowest BCUT2D eigenvalue weighted by Gasteiger charge is -2.04. The molecular weight excluding hydrogens is 274 g/mol. The SMILES string of the molecule is COc1nc(Cl)nc(NCCc2nc(C)cs2)n1. The Bertz CT molecular complexity index is 533. The second-order valence-corrected chi connectivity index (χ2v) is 4.75. The van der Waals surface area contributed by atoms with Crippen molar-refractivity contribution in [2.24, 2.45) is 0 Å². The summed E-state index contributed by atoms with van der Waals surface area (Å²) < 4.78 is 4.91. The van der Waals surface area contributed by atoms with Crippen LogP contribution in [0.15, 0.2) is 5.38 Å². The molecule has 0 spiro atoms. The highest BCUT2D eigenvalue weighted by Crippen LogP contribution is 2.12. The summed E-state index contributed by atoms with van der Waals surface area (Å²) in [4.78, 5) is 16.1. The van der Waals surface area contributed by atoms with Crippen molar-refractivity contribution in [2.45, 2.75) is 13.3 Å². The van der Waals surface area contributed by atoms with Crippen LogP contribution in [0.2, 0.25) is 5.28 Å². The topological polar surface area (TPSA) is 72.8 Å². The average Bonchev–Trinajstić information content (AvgIpc) is 2.74. The fourth-order valence-corrected chi connectivity index (χ4v) is 2.23. The van der Waals surface area contributed by atoms with Crippen molar-refractivity contribution in [2.75, 3.05) is 19.0 Å². The van der Waals surface area contributed by atoms with Gasteiger partial charge in [-0.25, -0.2) is 4.98 Å². The third-order valence-corrected chi connectivity index (χ3v) is 3.25. The number of halogens is 1. The summed E-state index contributed by atoms with van der Waals surface area (Å²) in [5.74, 6) is 0.403. The zero-order valence-electron chi connectivity index (χ0n) is 9.97. The minimum absolute atomic E-state index is 0.106. The Morgan fingerprint density at radius 3 is 2.83 bits per heavy atom. The number of hydrogen-bond donors (Lipinski definition) is 1. The molecule has 8 heteroatoms. The molecule has 0 saturated carbocycles. The molecule has 0 aliphatic rings. The van der Waals surface area contributed by atoms with Gasteiger partial charge in [-0.1, -0.05) is 0 Å². The van der Waals surface area contributed by atoms with Gasteiger partial charge in [-0.3, -0.25) is 0 Å². The molecule has 96 valence electrons. The Hall–Kier alpha value is -1.47. The molecule has 0 atom stereocenters. The van der Waals surface area contributed by atoms with Gasteiger partial charge >= 0.3 is 6.01 Å². The van der Waals surface area contributed by atoms with Crippen LogP contribution in [0, 0.1) is 6.92 Å². The first-order valence-corrected chi connectivity index (χ1v) is 6.53. The molecule has 2 aromatic rings. The third-order valence-electron chi connectivity index (χ3n) is 2.06. The van der Waals surface area contributed by atoms with E-state index >= 15 is 0 Å². The van der Waals surface area contributed by atoms with Crippen LogP contribution in [0.3, 0.4) is 0 Å². The van der Waals surface area contributed by atoms with Gasteiger partial charge in [-0.15, -0.1) is 11.3 Å². The zero-order chi connectivity index (χ0) is 13.0. The first kappa shape index (κ1) is 13.0. The van der Waals surface area contributed by atoms with Crippen LogP contribution in [-0.2, 0) is 6.42 Å². The first-order valence-electron chi connectivity index (χ1n) is 5.28. The van der Waals surface area contributed by atoms with Crippen LogP contribution >= 0.6 is 22.9 Å². The molecule has 2 heterocycles. The van der Waals surface area contributed by atoms with E-state index in [0.29, 0.717) is 12.5 Å². The predicted molar refractivity (Wildman–Crippen MR) is 70.4 cm³/mol. The maximum atomic E-state index is 5.74. The summed E-state index contributed by atoms with van der Waals surface area (Å²) >= 11 is 7.38. The number of nitrogens with one attached hydrogen (secondary N) is 1. The summed E-state index contributed by atoms with van der Waals surface area (Å²) in [5.41, 5.74) is 1.04. The number of hydrogen-bond acceptors (Lipinski definition) is 7. The van der Waals surface area contributed by atoms with E-state index in [2.05, 4.69) is 25.3 Å². The highest BCUT2D eigenvalue weighted by molar-refractivity contribution is 7.09. The summed E-state index contributed by atoms with van der Waals surface area (Å²) in [7, 11) is 1.48. The molecule has 0 amide bonds. The molecule has 0 unspecified atom stereocenters. The number of thiazole rings is 1. The number of methoxy groups -OCH3 is 1. The molecule has 1 N–H and O–H groups in total. The van der Waals surface area contributed by atoms with E-state index in [-0.39, 0.29) is 11.3 Å². The van der Waals surface area contributed by atoms with E-state index in [9.17, 15) is 0 Å². The Kier molecular flexibility index (Phi) is 4.27. The quantitative estimate of drug-likeness (QED) is 0.905. The van der Waals surface area contributed by atoms with Gasteiger partial charge in [0.15, 0.2) is 0 Å². The highest BCUT2D eigenvalue weighted by atomic mass is 35.5. The van der Waals surface area contributed by atoms with Crippen molar-refractivity contribution < 1.29 is 4.74 Å². The number of anilines is 1. The number of aromatic nitrogens is 4. The van der Waals surface area contributed by atoms with E-state index in [4.69, 9.17) is 16.3 Å². The Morgan fingerprint density at radius 2 is 2.17 bits per heavy atom. The molecule has 0 saturated heterocycles. The maximum Gasteiger partial charge on any atom is 0.322 e. The lowest BCUT2D eigenvalue weighted by molar-refractivity contribution is 0.379. The average molecular weight is 286 g/mol. The monoisotopic (exact) mass is 285 g/mol. The molecule has 0 fully saturated rings. The van der Waals surface area contributed by atoms with E-state index in [1.54, 1.807) is 11.3 Å². The smallest absolute Gasteiger partial charge is 0.322 e. The lowest BCUT2D eigenvalue weighted by Crippen LogP contribution is -2.09. The van der Waals surface area contributed by atoms with E-state index in [0.717, 1.165) is 17.1 Å². The lowest BCUT2D eigenvalue weighted by atomic mass is 10.4. The molecule has 2 aromatic heterocycles. The van der Waals surface area contributed by atoms with Gasteiger partial charge in [-0.2, -0.15) is 15.0 Å². The van der Waals surface area contributed by atoms with Gasteiger partial charge in [0.2, 0.25) is 11.2 Å². The Morgan fingerprint density at radius 1 is 1.33 bits per heavy atom. The third kappa shape index (κ3) is 3.51. The van der Waals surface area contributed by atoms with Crippen molar-refractivity contribution in [3.63, 3.8) is 0 Å². The molecule has 18 heavy (non-hydrogen) atoms. The highest BCUT2D eigenvalue weighted by Gasteiger charge is 2.05. The number of nitrogens with zero attached hydrogens (tertiary/aromatic N) is 4. The normalized spacial score (nSPS) is 10.4. The molecule has 0 aliphatic carbocycles. The molecular formula is C10H12ClN5OS. The molecule has 0 radical (unpaired) electrons. The minimum Gasteiger partial charge on any atom is -0.467 e. The van der Waals surface area contributed by atoms with Crippen LogP contribution < -0.4 is 10.1 Å². The predicted octanol–water partition coefficient (Wildman–Crippen LogP) is 1.95. The number of rotatable bonds is 5. The summed E-state index contributed by atoms with van der Waals surface area (Å²) in [6, 6.07) is 0.197. The largest absolute Gasteiger partial charge is 0.467 e. The van der Waals surface area contributed by atoms with Crippen molar-refractivity contribution in [1.29, 1.82) is 0 Å². The summed E-state index contributed by atoms with van der Waals surface area (Å²) in [5, 5.41) is 6.27. The van der Waals surface area contributed by atoms with Crippen molar-refractivity contribution in [1.82, 2.24) is 19.9 Å². The van der Waals surface area contributed by atoms with Crippen LogP contribution in [0.5, 0.6) is 6.01 Å². The number of aryl methyl sites for hydroxylation is 1. The Labute approximate surface area is 113 Å². The van der Waals surface area contributed by atoms with Crippen LogP contribution in [0.25, 0.3) is 0 Å². The molecule has 0 aliphatic heterocycles. The second-order valence-electron chi connectivity index (χ2n) is 3.47. The van der Waals surface area contributed by atoms with Gasteiger partial charge in [0.25, 0.3) is 0 Å². The second kappa shape index (κ2) is 5.92. The molecule has 0 bridgehead atoms. The van der Waals surface area contributed by atoms with Gasteiger partial charge in [0, 0.05) is 24.0 Å². The van der Waals surface area contributed by atoms with E-state index in [1.807, 2.05) is 12.3 Å². The minimum atomic E-state index is 0.106. The van der Waals surface area contributed by atoms with Gasteiger partial charge in [0.05, 0.1) is 12.1 Å². The van der Waals surface area contributed by atoms with Crippen LogP contribution in [0.1, 0.15) is 10.7 Å². The Balaban J connectivity index is 1.91. The molecule has 0 aromatic carbocycles. The van der Waals surface area contributed by atoms with Crippen molar-refractivity contribution >= 4 is 28.9 Å². The standard InChI is InChI=1S/C10H12ClN5OS/c1-6-5-18-7(13-6)3-4-12-9-14-8(11)15-10(16-9)17-2/h5H,3-4H2,1-2H3,(H,12,14,15,16). The fraction of sp³-hybridized carbons (Fsp3) is 0.400. The van der Waals surface area contributed by atoms with Crippen LogP contribution in [-0.4, -0.2) is 33.6 Å². The maximum absolute atomic E-state index is 5.74. The fourth-order valence-electron chi connectivity index (χ4n) is 1.30. The summed E-state index contributed by atoms with van der Waals surface area (Å²) in [6.07, 6.45) is 0.810.